The number of hydrogen-bond acceptors (Lipinski definition) is 5. The van der Waals surface area contributed by atoms with Gasteiger partial charge in [-0.15, -0.1) is 0 Å². The Morgan fingerprint density at radius 3 is 2.38 bits per heavy atom. The standard InChI is InChI=1S/C23H19NO5/c25-22(24-14-17-8-11-20-21(12-17)28-15-27-20)13-16-6-9-19(10-7-16)29-23(26)18-4-2-1-3-5-18/h1-12H,13-15H2,(H,24,25). The molecule has 6 nitrogen and oxygen atoms in total. The summed E-state index contributed by atoms with van der Waals surface area (Å²) in [5, 5.41) is 2.89. The summed E-state index contributed by atoms with van der Waals surface area (Å²) in [6.45, 7) is 0.629. The van der Waals surface area contributed by atoms with Crippen molar-refractivity contribution in [3.63, 3.8) is 0 Å². The van der Waals surface area contributed by atoms with Crippen LogP contribution in [-0.4, -0.2) is 18.7 Å². The van der Waals surface area contributed by atoms with Gasteiger partial charge in [-0.1, -0.05) is 36.4 Å². The minimum atomic E-state index is -0.417. The van der Waals surface area contributed by atoms with Crippen molar-refractivity contribution >= 4 is 11.9 Å². The van der Waals surface area contributed by atoms with Crippen LogP contribution in [0.4, 0.5) is 0 Å². The summed E-state index contributed by atoms with van der Waals surface area (Å²) >= 11 is 0. The summed E-state index contributed by atoms with van der Waals surface area (Å²) in [4.78, 5) is 24.3. The molecule has 1 aliphatic rings. The number of rotatable bonds is 6. The van der Waals surface area contributed by atoms with Crippen molar-refractivity contribution in [1.82, 2.24) is 5.32 Å². The first-order valence-corrected chi connectivity index (χ1v) is 9.19. The number of carbonyl (C=O) groups is 2. The molecule has 29 heavy (non-hydrogen) atoms. The Labute approximate surface area is 168 Å². The maximum Gasteiger partial charge on any atom is 0.343 e. The average molecular weight is 389 g/mol. The molecule has 0 aromatic heterocycles. The van der Waals surface area contributed by atoms with E-state index in [2.05, 4.69) is 5.32 Å². The average Bonchev–Trinajstić information content (AvgIpc) is 3.22. The summed E-state index contributed by atoms with van der Waals surface area (Å²) < 4.78 is 16.0. The summed E-state index contributed by atoms with van der Waals surface area (Å²) in [5.41, 5.74) is 2.25. The van der Waals surface area contributed by atoms with Crippen molar-refractivity contribution in [2.24, 2.45) is 0 Å². The van der Waals surface area contributed by atoms with Gasteiger partial charge < -0.3 is 19.5 Å². The van der Waals surface area contributed by atoms with E-state index in [1.807, 2.05) is 24.3 Å². The first-order valence-electron chi connectivity index (χ1n) is 9.19. The Bertz CT molecular complexity index is 1020. The number of ether oxygens (including phenoxy) is 3. The second-order valence-corrected chi connectivity index (χ2v) is 6.54. The summed E-state index contributed by atoms with van der Waals surface area (Å²) in [5.74, 6) is 1.32. The largest absolute Gasteiger partial charge is 0.454 e. The van der Waals surface area contributed by atoms with E-state index in [-0.39, 0.29) is 19.1 Å². The maximum absolute atomic E-state index is 12.2. The van der Waals surface area contributed by atoms with Gasteiger partial charge in [0, 0.05) is 6.54 Å². The van der Waals surface area contributed by atoms with Crippen LogP contribution in [0.2, 0.25) is 0 Å². The Balaban J connectivity index is 1.28. The molecule has 146 valence electrons. The predicted molar refractivity (Wildman–Crippen MR) is 106 cm³/mol. The zero-order valence-corrected chi connectivity index (χ0v) is 15.6. The first kappa shape index (κ1) is 18.6. The zero-order valence-electron chi connectivity index (χ0n) is 15.6. The van der Waals surface area contributed by atoms with Crippen LogP contribution in [0.1, 0.15) is 21.5 Å². The molecule has 4 rings (SSSR count). The Kier molecular flexibility index (Phi) is 5.42. The van der Waals surface area contributed by atoms with Crippen molar-refractivity contribution in [2.75, 3.05) is 6.79 Å². The molecule has 0 unspecified atom stereocenters. The van der Waals surface area contributed by atoms with Crippen molar-refractivity contribution in [2.45, 2.75) is 13.0 Å². The highest BCUT2D eigenvalue weighted by Crippen LogP contribution is 2.32. The van der Waals surface area contributed by atoms with E-state index in [0.29, 0.717) is 29.4 Å². The highest BCUT2D eigenvalue weighted by atomic mass is 16.7. The van der Waals surface area contributed by atoms with Gasteiger partial charge in [0.2, 0.25) is 12.7 Å². The van der Waals surface area contributed by atoms with Crippen LogP contribution >= 0.6 is 0 Å². The zero-order chi connectivity index (χ0) is 20.1. The SMILES string of the molecule is O=C(Cc1ccc(OC(=O)c2ccccc2)cc1)NCc1ccc2c(c1)OCO2. The topological polar surface area (TPSA) is 73.9 Å². The number of benzene rings is 3. The van der Waals surface area contributed by atoms with E-state index in [9.17, 15) is 9.59 Å². The highest BCUT2D eigenvalue weighted by Gasteiger charge is 2.13. The minimum absolute atomic E-state index is 0.100. The Morgan fingerprint density at radius 2 is 1.59 bits per heavy atom. The molecule has 0 saturated heterocycles. The molecule has 0 spiro atoms. The molecule has 0 radical (unpaired) electrons. The van der Waals surface area contributed by atoms with Crippen molar-refractivity contribution in [3.05, 3.63) is 89.5 Å². The summed E-state index contributed by atoms with van der Waals surface area (Å²) in [7, 11) is 0. The third-order valence-electron chi connectivity index (χ3n) is 4.43. The molecule has 3 aromatic carbocycles. The van der Waals surface area contributed by atoms with Gasteiger partial charge in [0.1, 0.15) is 5.75 Å². The third kappa shape index (κ3) is 4.73. The van der Waals surface area contributed by atoms with Crippen LogP contribution in [-0.2, 0) is 17.8 Å². The molecule has 0 fully saturated rings. The number of fused-ring (bicyclic) bond motifs is 1. The van der Waals surface area contributed by atoms with Gasteiger partial charge >= 0.3 is 5.97 Å². The molecule has 0 aliphatic carbocycles. The van der Waals surface area contributed by atoms with Gasteiger partial charge in [-0.05, 0) is 47.5 Å². The summed E-state index contributed by atoms with van der Waals surface area (Å²) in [6.07, 6.45) is 0.234. The van der Waals surface area contributed by atoms with Gasteiger partial charge in [-0.25, -0.2) is 4.79 Å². The molecule has 0 bridgehead atoms. The van der Waals surface area contributed by atoms with E-state index in [1.54, 1.807) is 48.5 Å². The molecule has 1 amide bonds. The molecular weight excluding hydrogens is 370 g/mol. The van der Waals surface area contributed by atoms with E-state index in [0.717, 1.165) is 11.1 Å². The fourth-order valence-corrected chi connectivity index (χ4v) is 2.91. The minimum Gasteiger partial charge on any atom is -0.454 e. The van der Waals surface area contributed by atoms with Crippen LogP contribution in [0, 0.1) is 0 Å². The Hall–Kier alpha value is -3.80. The van der Waals surface area contributed by atoms with Crippen LogP contribution in [0.5, 0.6) is 17.2 Å². The monoisotopic (exact) mass is 389 g/mol. The lowest BCUT2D eigenvalue weighted by Crippen LogP contribution is -2.24. The highest BCUT2D eigenvalue weighted by molar-refractivity contribution is 5.91. The Morgan fingerprint density at radius 1 is 0.862 bits per heavy atom. The van der Waals surface area contributed by atoms with Gasteiger partial charge in [-0.3, -0.25) is 4.79 Å². The van der Waals surface area contributed by atoms with Crippen molar-refractivity contribution in [3.8, 4) is 17.2 Å². The fourth-order valence-electron chi connectivity index (χ4n) is 2.91. The van der Waals surface area contributed by atoms with Gasteiger partial charge in [-0.2, -0.15) is 0 Å². The lowest BCUT2D eigenvalue weighted by Gasteiger charge is -2.08. The van der Waals surface area contributed by atoms with Gasteiger partial charge in [0.05, 0.1) is 12.0 Å². The number of carbonyl (C=O) groups excluding carboxylic acids is 2. The number of amides is 1. The van der Waals surface area contributed by atoms with E-state index in [4.69, 9.17) is 14.2 Å². The molecule has 1 heterocycles. The number of nitrogens with one attached hydrogen (secondary N) is 1. The van der Waals surface area contributed by atoms with Crippen LogP contribution in [0.15, 0.2) is 72.8 Å². The van der Waals surface area contributed by atoms with Gasteiger partial charge in [0.15, 0.2) is 11.5 Å². The quantitative estimate of drug-likeness (QED) is 0.516. The predicted octanol–water partition coefficient (Wildman–Crippen LogP) is 3.49. The lowest BCUT2D eigenvalue weighted by molar-refractivity contribution is -0.120. The molecule has 0 atom stereocenters. The van der Waals surface area contributed by atoms with Crippen LogP contribution in [0.25, 0.3) is 0 Å². The van der Waals surface area contributed by atoms with E-state index >= 15 is 0 Å². The number of hydrogen-bond donors (Lipinski definition) is 1. The van der Waals surface area contributed by atoms with Gasteiger partial charge in [0.25, 0.3) is 0 Å². The second kappa shape index (κ2) is 8.48. The smallest absolute Gasteiger partial charge is 0.343 e. The number of esters is 1. The molecular formula is C23H19NO5. The lowest BCUT2D eigenvalue weighted by atomic mass is 10.1. The normalized spacial score (nSPS) is 11.7. The van der Waals surface area contributed by atoms with Crippen LogP contribution < -0.4 is 19.5 Å². The van der Waals surface area contributed by atoms with Crippen molar-refractivity contribution < 1.29 is 23.8 Å². The fraction of sp³-hybridized carbons (Fsp3) is 0.130. The van der Waals surface area contributed by atoms with Crippen molar-refractivity contribution in [1.29, 1.82) is 0 Å². The molecule has 1 aliphatic heterocycles. The molecule has 1 N–H and O–H groups in total. The molecule has 0 saturated carbocycles. The van der Waals surface area contributed by atoms with E-state index in [1.165, 1.54) is 0 Å². The van der Waals surface area contributed by atoms with Crippen LogP contribution in [0.3, 0.4) is 0 Å². The molecule has 6 heteroatoms. The summed E-state index contributed by atoms with van der Waals surface area (Å²) in [6, 6.07) is 21.3. The van der Waals surface area contributed by atoms with E-state index < -0.39 is 5.97 Å². The third-order valence-corrected chi connectivity index (χ3v) is 4.43. The second-order valence-electron chi connectivity index (χ2n) is 6.54. The first-order chi connectivity index (χ1) is 14.2. The molecule has 3 aromatic rings. The maximum atomic E-state index is 12.2.